The quantitative estimate of drug-likeness (QED) is 0.842. The molecule has 0 bridgehead atoms. The maximum absolute atomic E-state index is 12.7. The summed E-state index contributed by atoms with van der Waals surface area (Å²) in [6.07, 6.45) is -4.59. The van der Waals surface area contributed by atoms with Gasteiger partial charge < -0.3 is 9.88 Å². The predicted octanol–water partition coefficient (Wildman–Crippen LogP) is 3.61. The molecule has 0 aliphatic rings. The van der Waals surface area contributed by atoms with Gasteiger partial charge in [-0.05, 0) is 31.2 Å². The average molecular weight is 365 g/mol. The lowest BCUT2D eigenvalue weighted by molar-refractivity contribution is -0.147. The molecule has 10 heteroatoms. The van der Waals surface area contributed by atoms with Gasteiger partial charge in [-0.25, -0.2) is 0 Å². The van der Waals surface area contributed by atoms with Gasteiger partial charge in [0.25, 0.3) is 0 Å². The van der Waals surface area contributed by atoms with E-state index >= 15 is 0 Å². The van der Waals surface area contributed by atoms with E-state index in [0.717, 1.165) is 16.3 Å². The van der Waals surface area contributed by atoms with Gasteiger partial charge in [-0.3, -0.25) is 4.79 Å². The minimum Gasteiger partial charge on any atom is -0.325 e. The maximum Gasteiger partial charge on any atom is 0.451 e. The Morgan fingerprint density at radius 1 is 1.30 bits per heavy atom. The number of thioether (sulfide) groups is 1. The number of halogens is 4. The lowest BCUT2D eigenvalue weighted by atomic mass is 10.3. The molecule has 0 saturated carbocycles. The van der Waals surface area contributed by atoms with Gasteiger partial charge in [0.2, 0.25) is 11.7 Å². The zero-order chi connectivity index (χ0) is 17.2. The molecule has 0 spiro atoms. The molecular weight excluding hydrogens is 353 g/mol. The third kappa shape index (κ3) is 4.38. The van der Waals surface area contributed by atoms with E-state index in [0.29, 0.717) is 10.7 Å². The summed E-state index contributed by atoms with van der Waals surface area (Å²) in [5, 5.41) is 9.13. The third-order valence-corrected chi connectivity index (χ3v) is 4.24. The van der Waals surface area contributed by atoms with E-state index in [-0.39, 0.29) is 11.1 Å². The van der Waals surface area contributed by atoms with Crippen molar-refractivity contribution in [3.63, 3.8) is 0 Å². The van der Waals surface area contributed by atoms with Crippen molar-refractivity contribution < 1.29 is 18.0 Å². The number of carbonyl (C=O) groups excluding carboxylic acids is 1. The SMILES string of the molecule is C[C@H](Sc1nnc(C(F)(F)F)n1C)C(=O)Nc1ccc(Cl)cc1. The van der Waals surface area contributed by atoms with E-state index in [9.17, 15) is 18.0 Å². The average Bonchev–Trinajstić information content (AvgIpc) is 2.82. The van der Waals surface area contributed by atoms with Crippen LogP contribution in [0.15, 0.2) is 29.4 Å². The molecular formula is C13H12ClF3N4OS. The number of amides is 1. The maximum atomic E-state index is 12.7. The van der Waals surface area contributed by atoms with Crippen molar-refractivity contribution in [2.24, 2.45) is 7.05 Å². The van der Waals surface area contributed by atoms with Crippen LogP contribution in [0.3, 0.4) is 0 Å². The van der Waals surface area contributed by atoms with Crippen molar-refractivity contribution in [2.75, 3.05) is 5.32 Å². The minimum absolute atomic E-state index is 0.0103. The van der Waals surface area contributed by atoms with Gasteiger partial charge in [-0.15, -0.1) is 10.2 Å². The van der Waals surface area contributed by atoms with E-state index in [4.69, 9.17) is 11.6 Å². The zero-order valence-corrected chi connectivity index (χ0v) is 13.6. The molecule has 1 amide bonds. The lowest BCUT2D eigenvalue weighted by Gasteiger charge is -2.12. The van der Waals surface area contributed by atoms with Gasteiger partial charge in [-0.2, -0.15) is 13.2 Å². The molecule has 2 aromatic rings. The van der Waals surface area contributed by atoms with Crippen LogP contribution in [0, 0.1) is 0 Å². The Morgan fingerprint density at radius 3 is 2.43 bits per heavy atom. The Hall–Kier alpha value is -1.74. The van der Waals surface area contributed by atoms with Crippen molar-refractivity contribution >= 4 is 35.0 Å². The van der Waals surface area contributed by atoms with Crippen LogP contribution in [0.2, 0.25) is 5.02 Å². The molecule has 124 valence electrons. The second-order valence-electron chi connectivity index (χ2n) is 4.62. The molecule has 0 fully saturated rings. The second-order valence-corrected chi connectivity index (χ2v) is 6.36. The summed E-state index contributed by atoms with van der Waals surface area (Å²) in [6.45, 7) is 1.57. The first kappa shape index (κ1) is 17.6. The summed E-state index contributed by atoms with van der Waals surface area (Å²) in [5.41, 5.74) is 0.542. The second kappa shape index (κ2) is 6.79. The highest BCUT2D eigenvalue weighted by molar-refractivity contribution is 8.00. The minimum atomic E-state index is -4.59. The molecule has 0 aliphatic heterocycles. The van der Waals surface area contributed by atoms with E-state index in [2.05, 4.69) is 15.5 Å². The van der Waals surface area contributed by atoms with Crippen LogP contribution in [-0.4, -0.2) is 25.9 Å². The van der Waals surface area contributed by atoms with Gasteiger partial charge in [0.15, 0.2) is 5.16 Å². The summed E-state index contributed by atoms with van der Waals surface area (Å²) in [7, 11) is 1.20. The van der Waals surface area contributed by atoms with Gasteiger partial charge in [0.05, 0.1) is 5.25 Å². The molecule has 2 rings (SSSR count). The van der Waals surface area contributed by atoms with Crippen LogP contribution < -0.4 is 5.32 Å². The molecule has 0 saturated heterocycles. The van der Waals surface area contributed by atoms with Gasteiger partial charge in [0, 0.05) is 17.8 Å². The summed E-state index contributed by atoms with van der Waals surface area (Å²) >= 11 is 6.64. The molecule has 23 heavy (non-hydrogen) atoms. The first-order valence-electron chi connectivity index (χ1n) is 6.38. The van der Waals surface area contributed by atoms with Gasteiger partial charge >= 0.3 is 6.18 Å². The number of hydrogen-bond donors (Lipinski definition) is 1. The largest absolute Gasteiger partial charge is 0.451 e. The third-order valence-electron chi connectivity index (χ3n) is 2.85. The number of aromatic nitrogens is 3. The van der Waals surface area contributed by atoms with E-state index in [1.165, 1.54) is 7.05 Å². The smallest absolute Gasteiger partial charge is 0.325 e. The number of rotatable bonds is 4. The lowest BCUT2D eigenvalue weighted by Crippen LogP contribution is -2.23. The summed E-state index contributed by atoms with van der Waals surface area (Å²) < 4.78 is 38.8. The number of hydrogen-bond acceptors (Lipinski definition) is 4. The summed E-state index contributed by atoms with van der Waals surface area (Å²) in [4.78, 5) is 12.1. The van der Waals surface area contributed by atoms with Crippen molar-refractivity contribution in [1.82, 2.24) is 14.8 Å². The molecule has 1 heterocycles. The van der Waals surface area contributed by atoms with Crippen LogP contribution in [0.5, 0.6) is 0 Å². The van der Waals surface area contributed by atoms with Crippen LogP contribution >= 0.6 is 23.4 Å². The van der Waals surface area contributed by atoms with Crippen molar-refractivity contribution in [1.29, 1.82) is 0 Å². The standard InChI is InChI=1S/C13H12ClF3N4OS/c1-7(10(22)18-9-5-3-8(14)4-6-9)23-12-20-19-11(21(12)2)13(15,16)17/h3-7H,1-2H3,(H,18,22)/t7-/m0/s1. The topological polar surface area (TPSA) is 59.8 Å². The Bertz CT molecular complexity index is 702. The Kier molecular flexibility index (Phi) is 5.20. The number of alkyl halides is 3. The van der Waals surface area contributed by atoms with Crippen LogP contribution in [-0.2, 0) is 18.0 Å². The number of nitrogens with zero attached hydrogens (tertiary/aromatic N) is 3. The van der Waals surface area contributed by atoms with E-state index < -0.39 is 17.3 Å². The molecule has 1 atom stereocenters. The van der Waals surface area contributed by atoms with Gasteiger partial charge in [-0.1, -0.05) is 23.4 Å². The highest BCUT2D eigenvalue weighted by Crippen LogP contribution is 2.31. The summed E-state index contributed by atoms with van der Waals surface area (Å²) in [5.74, 6) is -1.47. The molecule has 0 radical (unpaired) electrons. The zero-order valence-electron chi connectivity index (χ0n) is 12.1. The molecule has 0 unspecified atom stereocenters. The highest BCUT2D eigenvalue weighted by Gasteiger charge is 2.37. The summed E-state index contributed by atoms with van der Waals surface area (Å²) in [6, 6.07) is 6.49. The van der Waals surface area contributed by atoms with E-state index in [1.54, 1.807) is 31.2 Å². The van der Waals surface area contributed by atoms with Crippen molar-refractivity contribution in [3.05, 3.63) is 35.1 Å². The van der Waals surface area contributed by atoms with E-state index in [1.807, 2.05) is 0 Å². The monoisotopic (exact) mass is 364 g/mol. The Labute approximate surface area is 139 Å². The fraction of sp³-hybridized carbons (Fsp3) is 0.308. The first-order valence-corrected chi connectivity index (χ1v) is 7.64. The van der Waals surface area contributed by atoms with Crippen LogP contribution in [0.1, 0.15) is 12.7 Å². The highest BCUT2D eigenvalue weighted by atomic mass is 35.5. The van der Waals surface area contributed by atoms with Crippen molar-refractivity contribution in [3.8, 4) is 0 Å². The predicted molar refractivity (Wildman–Crippen MR) is 81.4 cm³/mol. The number of nitrogens with one attached hydrogen (secondary N) is 1. The van der Waals surface area contributed by atoms with Crippen LogP contribution in [0.25, 0.3) is 0 Å². The Balaban J connectivity index is 2.04. The number of carbonyl (C=O) groups is 1. The first-order chi connectivity index (χ1) is 10.7. The molecule has 5 nitrogen and oxygen atoms in total. The molecule has 1 N–H and O–H groups in total. The van der Waals surface area contributed by atoms with Crippen molar-refractivity contribution in [2.45, 2.75) is 23.5 Å². The Morgan fingerprint density at radius 2 is 1.91 bits per heavy atom. The number of benzene rings is 1. The fourth-order valence-electron chi connectivity index (χ4n) is 1.65. The van der Waals surface area contributed by atoms with Crippen LogP contribution in [0.4, 0.5) is 18.9 Å². The normalized spacial score (nSPS) is 13.0. The van der Waals surface area contributed by atoms with Gasteiger partial charge in [0.1, 0.15) is 0 Å². The molecule has 1 aromatic carbocycles. The molecule has 1 aromatic heterocycles. The number of anilines is 1. The fourth-order valence-corrected chi connectivity index (χ4v) is 2.59. The molecule has 0 aliphatic carbocycles.